The predicted octanol–water partition coefficient (Wildman–Crippen LogP) is 1.62. The summed E-state index contributed by atoms with van der Waals surface area (Å²) in [5.74, 6) is 0.186. The highest BCUT2D eigenvalue weighted by atomic mass is 16.5. The average molecular weight is 377 g/mol. The van der Waals surface area contributed by atoms with Crippen molar-refractivity contribution in [3.05, 3.63) is 24.3 Å². The van der Waals surface area contributed by atoms with Crippen molar-refractivity contribution in [3.63, 3.8) is 0 Å². The molecule has 1 heterocycles. The molecule has 1 aliphatic heterocycles. The largest absolute Gasteiger partial charge is 0.497 e. The van der Waals surface area contributed by atoms with Gasteiger partial charge in [0.05, 0.1) is 13.7 Å². The maximum Gasteiger partial charge on any atom is 0.309 e. The van der Waals surface area contributed by atoms with E-state index < -0.39 is 11.8 Å². The fraction of sp³-hybridized carbons (Fsp3) is 0.600. The maximum absolute atomic E-state index is 12.2. The summed E-state index contributed by atoms with van der Waals surface area (Å²) in [6.45, 7) is 8.93. The molecule has 0 spiro atoms. The number of methoxy groups -OCH3 is 1. The molecule has 0 unspecified atom stereocenters. The highest BCUT2D eigenvalue weighted by Gasteiger charge is 2.38. The van der Waals surface area contributed by atoms with Crippen LogP contribution in [-0.2, 0) is 9.59 Å². The Morgan fingerprint density at radius 1 is 1.04 bits per heavy atom. The molecule has 1 fully saturated rings. The summed E-state index contributed by atoms with van der Waals surface area (Å²) in [7, 11) is 1.60. The van der Waals surface area contributed by atoms with Crippen LogP contribution in [0.25, 0.3) is 0 Å². The molecule has 2 rings (SSSR count). The lowest BCUT2D eigenvalue weighted by Crippen LogP contribution is -2.62. The first kappa shape index (κ1) is 21.0. The van der Waals surface area contributed by atoms with E-state index in [1.54, 1.807) is 31.4 Å². The Morgan fingerprint density at radius 2 is 1.59 bits per heavy atom. The molecule has 0 bridgehead atoms. The van der Waals surface area contributed by atoms with Gasteiger partial charge in [0.25, 0.3) is 0 Å². The van der Waals surface area contributed by atoms with E-state index in [1.807, 2.05) is 0 Å². The number of ether oxygens (including phenoxy) is 2. The van der Waals surface area contributed by atoms with Crippen LogP contribution in [0.5, 0.6) is 11.5 Å². The van der Waals surface area contributed by atoms with Crippen molar-refractivity contribution in [2.45, 2.75) is 57.7 Å². The lowest BCUT2D eigenvalue weighted by Gasteiger charge is -2.46. The van der Waals surface area contributed by atoms with Crippen LogP contribution in [0.3, 0.4) is 0 Å². The minimum absolute atomic E-state index is 0.0370. The highest BCUT2D eigenvalue weighted by molar-refractivity contribution is 6.35. The molecule has 0 aromatic heterocycles. The minimum Gasteiger partial charge on any atom is -0.497 e. The highest BCUT2D eigenvalue weighted by Crippen LogP contribution is 2.28. The smallest absolute Gasteiger partial charge is 0.309 e. The molecule has 0 saturated carbocycles. The normalized spacial score (nSPS) is 18.4. The molecule has 1 aromatic carbocycles. The summed E-state index contributed by atoms with van der Waals surface area (Å²) in [6.07, 6.45) is 1.55. The first-order valence-electron chi connectivity index (χ1n) is 9.25. The van der Waals surface area contributed by atoms with Crippen LogP contribution in [0, 0.1) is 0 Å². The third-order valence-electron chi connectivity index (χ3n) is 4.45. The predicted molar refractivity (Wildman–Crippen MR) is 104 cm³/mol. The fourth-order valence-electron chi connectivity index (χ4n) is 3.76. The summed E-state index contributed by atoms with van der Waals surface area (Å²) >= 11 is 0. The summed E-state index contributed by atoms with van der Waals surface area (Å²) in [5.41, 5.74) is -0.190. The number of amides is 2. The number of piperidine rings is 1. The number of rotatable bonds is 6. The lowest BCUT2D eigenvalue weighted by atomic mass is 9.79. The zero-order valence-electron chi connectivity index (χ0n) is 16.8. The zero-order valence-corrected chi connectivity index (χ0v) is 16.8. The Morgan fingerprint density at radius 3 is 2.15 bits per heavy atom. The van der Waals surface area contributed by atoms with Gasteiger partial charge in [-0.15, -0.1) is 0 Å². The number of hydrogen-bond donors (Lipinski definition) is 3. The maximum atomic E-state index is 12.2. The van der Waals surface area contributed by atoms with Gasteiger partial charge in [0.15, 0.2) is 0 Å². The van der Waals surface area contributed by atoms with Gasteiger partial charge >= 0.3 is 11.8 Å². The SMILES string of the molecule is COc1ccc(OCCNC(=O)C(=O)NC2CC(C)(C)NC(C)(C)C2)cc1. The van der Waals surface area contributed by atoms with Crippen LogP contribution in [0.4, 0.5) is 0 Å². The molecule has 27 heavy (non-hydrogen) atoms. The third-order valence-corrected chi connectivity index (χ3v) is 4.45. The second-order valence-corrected chi connectivity index (χ2v) is 8.25. The molecule has 2 amide bonds. The summed E-state index contributed by atoms with van der Waals surface area (Å²) < 4.78 is 10.6. The van der Waals surface area contributed by atoms with E-state index in [2.05, 4.69) is 43.6 Å². The molecular weight excluding hydrogens is 346 g/mol. The van der Waals surface area contributed by atoms with Crippen LogP contribution >= 0.6 is 0 Å². The summed E-state index contributed by atoms with van der Waals surface area (Å²) in [5, 5.41) is 9.00. The Balaban J connectivity index is 1.72. The van der Waals surface area contributed by atoms with Crippen molar-refractivity contribution >= 4 is 11.8 Å². The topological polar surface area (TPSA) is 88.7 Å². The van der Waals surface area contributed by atoms with E-state index in [9.17, 15) is 9.59 Å². The number of hydrogen-bond acceptors (Lipinski definition) is 5. The van der Waals surface area contributed by atoms with Gasteiger partial charge in [-0.2, -0.15) is 0 Å². The first-order chi connectivity index (χ1) is 12.6. The minimum atomic E-state index is -0.637. The van der Waals surface area contributed by atoms with Gasteiger partial charge in [-0.05, 0) is 64.8 Å². The standard InChI is InChI=1S/C20H31N3O4/c1-19(2)12-14(13-20(3,4)23-19)22-18(25)17(24)21-10-11-27-16-8-6-15(26-5)7-9-16/h6-9,14,23H,10-13H2,1-5H3,(H,21,24)(H,22,25). The molecule has 1 aliphatic rings. The van der Waals surface area contributed by atoms with E-state index in [-0.39, 0.29) is 30.3 Å². The van der Waals surface area contributed by atoms with Crippen LogP contribution in [0.15, 0.2) is 24.3 Å². The van der Waals surface area contributed by atoms with Gasteiger partial charge < -0.3 is 25.4 Å². The van der Waals surface area contributed by atoms with Gasteiger partial charge in [0.1, 0.15) is 18.1 Å². The molecule has 7 heteroatoms. The van der Waals surface area contributed by atoms with Gasteiger partial charge in [-0.1, -0.05) is 0 Å². The third kappa shape index (κ3) is 6.75. The summed E-state index contributed by atoms with van der Waals surface area (Å²) in [4.78, 5) is 24.2. The van der Waals surface area contributed by atoms with Gasteiger partial charge in [-0.25, -0.2) is 0 Å². The monoisotopic (exact) mass is 377 g/mol. The Bertz CT molecular complexity index is 640. The molecule has 0 aliphatic carbocycles. The first-order valence-corrected chi connectivity index (χ1v) is 9.25. The Kier molecular flexibility index (Phi) is 6.70. The number of benzene rings is 1. The van der Waals surface area contributed by atoms with Crippen molar-refractivity contribution in [2.75, 3.05) is 20.3 Å². The fourth-order valence-corrected chi connectivity index (χ4v) is 3.76. The van der Waals surface area contributed by atoms with E-state index in [0.717, 1.165) is 18.6 Å². The van der Waals surface area contributed by atoms with E-state index in [0.29, 0.717) is 5.75 Å². The lowest BCUT2D eigenvalue weighted by molar-refractivity contribution is -0.140. The molecule has 0 radical (unpaired) electrons. The molecule has 1 aromatic rings. The van der Waals surface area contributed by atoms with E-state index in [4.69, 9.17) is 9.47 Å². The summed E-state index contributed by atoms with van der Waals surface area (Å²) in [6, 6.07) is 7.12. The molecule has 0 atom stereocenters. The Labute approximate surface area is 161 Å². The van der Waals surface area contributed by atoms with Crippen molar-refractivity contribution in [2.24, 2.45) is 0 Å². The van der Waals surface area contributed by atoms with Gasteiger partial charge in [0.2, 0.25) is 0 Å². The quantitative estimate of drug-likeness (QED) is 0.518. The molecule has 1 saturated heterocycles. The molecular formula is C20H31N3O4. The molecule has 7 nitrogen and oxygen atoms in total. The van der Waals surface area contributed by atoms with Crippen LogP contribution < -0.4 is 25.4 Å². The average Bonchev–Trinajstić information content (AvgIpc) is 2.56. The van der Waals surface area contributed by atoms with Crippen LogP contribution in [-0.4, -0.2) is 49.2 Å². The second kappa shape index (κ2) is 8.61. The molecule has 3 N–H and O–H groups in total. The van der Waals surface area contributed by atoms with Crippen molar-refractivity contribution in [1.82, 2.24) is 16.0 Å². The van der Waals surface area contributed by atoms with E-state index in [1.165, 1.54) is 0 Å². The number of carbonyl (C=O) groups excluding carboxylic acids is 2. The van der Waals surface area contributed by atoms with Crippen molar-refractivity contribution in [3.8, 4) is 11.5 Å². The number of carbonyl (C=O) groups is 2. The van der Waals surface area contributed by atoms with Crippen molar-refractivity contribution in [1.29, 1.82) is 0 Å². The van der Waals surface area contributed by atoms with Gasteiger partial charge in [-0.3, -0.25) is 9.59 Å². The van der Waals surface area contributed by atoms with Gasteiger partial charge in [0, 0.05) is 17.1 Å². The zero-order chi connectivity index (χ0) is 20.1. The van der Waals surface area contributed by atoms with E-state index >= 15 is 0 Å². The second-order valence-electron chi connectivity index (χ2n) is 8.25. The van der Waals surface area contributed by atoms with Crippen LogP contribution in [0.2, 0.25) is 0 Å². The van der Waals surface area contributed by atoms with Crippen LogP contribution in [0.1, 0.15) is 40.5 Å². The number of nitrogens with one attached hydrogen (secondary N) is 3. The molecule has 150 valence electrons. The van der Waals surface area contributed by atoms with Crippen molar-refractivity contribution < 1.29 is 19.1 Å². The Hall–Kier alpha value is -2.28.